The minimum Gasteiger partial charge on any atom is -0.454 e. The summed E-state index contributed by atoms with van der Waals surface area (Å²) in [7, 11) is 0. The molecule has 1 heterocycles. The average Bonchev–Trinajstić information content (AvgIpc) is 3.09. The first-order chi connectivity index (χ1) is 12.2. The Kier molecular flexibility index (Phi) is 6.19. The van der Waals surface area contributed by atoms with Crippen molar-refractivity contribution in [2.24, 2.45) is 17.4 Å². The Bertz CT molecular complexity index is 743. The van der Waals surface area contributed by atoms with Crippen LogP contribution in [0.5, 0.6) is 0 Å². The Balaban J connectivity index is 1.98. The Morgan fingerprint density at radius 1 is 1.19 bits per heavy atom. The van der Waals surface area contributed by atoms with Gasteiger partial charge in [-0.15, -0.1) is 11.3 Å². The zero-order valence-corrected chi connectivity index (χ0v) is 15.4. The molecule has 142 valence electrons. The number of nitrogens with one attached hydrogen (secondary N) is 2. The summed E-state index contributed by atoms with van der Waals surface area (Å²) < 4.78 is 4.95. The fraction of sp³-hybridized carbons (Fsp3) is 0.500. The summed E-state index contributed by atoms with van der Waals surface area (Å²) in [6.07, 6.45) is 2.56. The Morgan fingerprint density at radius 3 is 2.46 bits per heavy atom. The lowest BCUT2D eigenvalue weighted by Crippen LogP contribution is -2.48. The van der Waals surface area contributed by atoms with Crippen LogP contribution in [0.2, 0.25) is 0 Å². The number of carbonyl (C=O) groups is 4. The van der Waals surface area contributed by atoms with Crippen LogP contribution in [0.15, 0.2) is 0 Å². The number of primary amides is 2. The molecular weight excluding hydrogens is 360 g/mol. The molecule has 10 heteroatoms. The molecule has 26 heavy (non-hydrogen) atoms. The number of ether oxygens (including phenoxy) is 1. The molecular formula is C16H22N4O5S. The highest BCUT2D eigenvalue weighted by Gasteiger charge is 2.28. The molecule has 1 aliphatic carbocycles. The molecule has 0 aliphatic heterocycles. The summed E-state index contributed by atoms with van der Waals surface area (Å²) in [5.74, 6) is -2.22. The van der Waals surface area contributed by atoms with Crippen molar-refractivity contribution in [1.82, 2.24) is 5.32 Å². The van der Waals surface area contributed by atoms with Gasteiger partial charge in [-0.3, -0.25) is 9.59 Å². The first-order valence-corrected chi connectivity index (χ1v) is 8.99. The molecule has 0 radical (unpaired) electrons. The van der Waals surface area contributed by atoms with Crippen LogP contribution in [-0.2, 0) is 27.2 Å². The largest absolute Gasteiger partial charge is 0.454 e. The minimum absolute atomic E-state index is 0.264. The molecule has 0 fully saturated rings. The van der Waals surface area contributed by atoms with Gasteiger partial charge in [-0.2, -0.15) is 0 Å². The second kappa shape index (κ2) is 8.17. The lowest BCUT2D eigenvalue weighted by atomic mass is 10.1. The van der Waals surface area contributed by atoms with Crippen molar-refractivity contribution in [3.63, 3.8) is 0 Å². The van der Waals surface area contributed by atoms with Crippen molar-refractivity contribution in [2.45, 2.75) is 39.2 Å². The van der Waals surface area contributed by atoms with E-state index in [0.717, 1.165) is 29.7 Å². The monoisotopic (exact) mass is 382 g/mol. The second-order valence-electron chi connectivity index (χ2n) is 6.31. The van der Waals surface area contributed by atoms with E-state index in [1.807, 2.05) is 0 Å². The Morgan fingerprint density at radius 2 is 1.88 bits per heavy atom. The van der Waals surface area contributed by atoms with Crippen LogP contribution in [0.4, 0.5) is 9.80 Å². The van der Waals surface area contributed by atoms with Gasteiger partial charge in [-0.05, 0) is 30.7 Å². The first-order valence-electron chi connectivity index (χ1n) is 8.17. The average molecular weight is 382 g/mol. The fourth-order valence-electron chi connectivity index (χ4n) is 2.79. The molecule has 9 nitrogen and oxygen atoms in total. The van der Waals surface area contributed by atoms with E-state index >= 15 is 0 Å². The maximum absolute atomic E-state index is 12.1. The van der Waals surface area contributed by atoms with Crippen molar-refractivity contribution in [3.05, 3.63) is 16.0 Å². The quantitative estimate of drug-likeness (QED) is 0.506. The number of urea groups is 1. The maximum Gasteiger partial charge on any atom is 0.329 e. The number of carbonyl (C=O) groups excluding carboxylic acids is 4. The molecule has 1 aromatic rings. The van der Waals surface area contributed by atoms with E-state index in [9.17, 15) is 19.2 Å². The van der Waals surface area contributed by atoms with Gasteiger partial charge in [-0.1, -0.05) is 13.8 Å². The zero-order valence-electron chi connectivity index (χ0n) is 14.6. The number of hydrogen-bond donors (Lipinski definition) is 4. The van der Waals surface area contributed by atoms with E-state index < -0.39 is 36.5 Å². The van der Waals surface area contributed by atoms with Crippen molar-refractivity contribution < 1.29 is 23.9 Å². The summed E-state index contributed by atoms with van der Waals surface area (Å²) in [4.78, 5) is 47.8. The molecule has 6 N–H and O–H groups in total. The van der Waals surface area contributed by atoms with Crippen LogP contribution < -0.4 is 22.1 Å². The van der Waals surface area contributed by atoms with Crippen molar-refractivity contribution >= 4 is 40.2 Å². The van der Waals surface area contributed by atoms with Gasteiger partial charge in [0.25, 0.3) is 11.8 Å². The third-order valence-electron chi connectivity index (χ3n) is 3.98. The fourth-order valence-corrected chi connectivity index (χ4v) is 4.10. The van der Waals surface area contributed by atoms with Gasteiger partial charge in [-0.25, -0.2) is 9.59 Å². The highest BCUT2D eigenvalue weighted by molar-refractivity contribution is 7.17. The molecule has 0 aromatic carbocycles. The minimum atomic E-state index is -0.952. The van der Waals surface area contributed by atoms with Crippen LogP contribution in [-0.4, -0.2) is 36.5 Å². The second-order valence-corrected chi connectivity index (χ2v) is 7.42. The predicted octanol–water partition coefficient (Wildman–Crippen LogP) is 0.510. The number of amides is 4. The van der Waals surface area contributed by atoms with E-state index in [1.165, 1.54) is 11.3 Å². The number of aryl methyl sites for hydroxylation is 1. The van der Waals surface area contributed by atoms with Crippen LogP contribution in [0.25, 0.3) is 0 Å². The van der Waals surface area contributed by atoms with Crippen molar-refractivity contribution in [2.75, 3.05) is 11.9 Å². The lowest BCUT2D eigenvalue weighted by Gasteiger charge is -2.19. The van der Waals surface area contributed by atoms with Gasteiger partial charge in [0.15, 0.2) is 6.61 Å². The van der Waals surface area contributed by atoms with Gasteiger partial charge in [0, 0.05) is 4.88 Å². The van der Waals surface area contributed by atoms with E-state index in [0.29, 0.717) is 10.6 Å². The van der Waals surface area contributed by atoms with Crippen molar-refractivity contribution in [1.29, 1.82) is 0 Å². The number of thiophene rings is 1. The molecule has 1 aromatic heterocycles. The lowest BCUT2D eigenvalue weighted by molar-refractivity contribution is -0.150. The van der Waals surface area contributed by atoms with Gasteiger partial charge in [0.05, 0.1) is 5.56 Å². The molecule has 0 saturated heterocycles. The molecule has 2 rings (SSSR count). The Labute approximate surface area is 154 Å². The highest BCUT2D eigenvalue weighted by atomic mass is 32.1. The SMILES string of the molecule is CC(C)C(NC(N)=O)C(=O)OCC(=O)Nc1sc2c(c1C(N)=O)CCC2. The van der Waals surface area contributed by atoms with Gasteiger partial charge >= 0.3 is 12.0 Å². The summed E-state index contributed by atoms with van der Waals surface area (Å²) in [5, 5.41) is 5.23. The number of rotatable bonds is 7. The molecule has 4 amide bonds. The van der Waals surface area contributed by atoms with Crippen LogP contribution in [0, 0.1) is 5.92 Å². The van der Waals surface area contributed by atoms with E-state index in [4.69, 9.17) is 16.2 Å². The summed E-state index contributed by atoms with van der Waals surface area (Å²) in [5.41, 5.74) is 11.7. The molecule has 1 unspecified atom stereocenters. The van der Waals surface area contributed by atoms with Gasteiger partial charge < -0.3 is 26.8 Å². The van der Waals surface area contributed by atoms with Crippen molar-refractivity contribution in [3.8, 4) is 0 Å². The molecule has 0 saturated carbocycles. The molecule has 1 aliphatic rings. The van der Waals surface area contributed by atoms with Gasteiger partial charge in [0.2, 0.25) is 0 Å². The summed E-state index contributed by atoms with van der Waals surface area (Å²) in [6, 6.07) is -1.81. The summed E-state index contributed by atoms with van der Waals surface area (Å²) >= 11 is 1.31. The van der Waals surface area contributed by atoms with E-state index in [-0.39, 0.29) is 5.92 Å². The number of nitrogens with two attached hydrogens (primary N) is 2. The number of esters is 1. The first kappa shape index (κ1) is 19.7. The highest BCUT2D eigenvalue weighted by Crippen LogP contribution is 2.38. The smallest absolute Gasteiger partial charge is 0.329 e. The number of hydrogen-bond acceptors (Lipinski definition) is 6. The maximum atomic E-state index is 12.1. The van der Waals surface area contributed by atoms with Gasteiger partial charge in [0.1, 0.15) is 11.0 Å². The Hall–Kier alpha value is -2.62. The van der Waals surface area contributed by atoms with Crippen LogP contribution >= 0.6 is 11.3 Å². The molecule has 1 atom stereocenters. The number of anilines is 1. The molecule has 0 spiro atoms. The zero-order chi connectivity index (χ0) is 19.4. The number of fused-ring (bicyclic) bond motifs is 1. The van der Waals surface area contributed by atoms with E-state index in [2.05, 4.69) is 10.6 Å². The van der Waals surface area contributed by atoms with Crippen LogP contribution in [0.1, 0.15) is 41.1 Å². The summed E-state index contributed by atoms with van der Waals surface area (Å²) in [6.45, 7) is 2.85. The normalized spacial score (nSPS) is 13.8. The van der Waals surface area contributed by atoms with Crippen LogP contribution in [0.3, 0.4) is 0 Å². The third kappa shape index (κ3) is 4.51. The predicted molar refractivity (Wildman–Crippen MR) is 95.8 cm³/mol. The topological polar surface area (TPSA) is 154 Å². The third-order valence-corrected chi connectivity index (χ3v) is 5.19. The van der Waals surface area contributed by atoms with E-state index in [1.54, 1.807) is 13.8 Å². The standard InChI is InChI=1S/C16H22N4O5S/c1-7(2)12(20-16(18)24)15(23)25-6-10(21)19-14-11(13(17)22)8-4-3-5-9(8)26-14/h7,12H,3-6H2,1-2H3,(H2,17,22)(H,19,21)(H3,18,20,24). The molecule has 0 bridgehead atoms.